The minimum atomic E-state index is 0.106. The number of hydrogen-bond donors (Lipinski definition) is 2. The Morgan fingerprint density at radius 1 is 1.25 bits per heavy atom. The van der Waals surface area contributed by atoms with Crippen LogP contribution in [0.25, 0.3) is 0 Å². The van der Waals surface area contributed by atoms with Crippen LogP contribution in [0.15, 0.2) is 42.7 Å². The number of nitrogens with one attached hydrogen (secondary N) is 1. The Morgan fingerprint density at radius 3 is 2.65 bits per heavy atom. The summed E-state index contributed by atoms with van der Waals surface area (Å²) in [5.74, 6) is 0.611. The molecule has 0 radical (unpaired) electrons. The lowest BCUT2D eigenvalue weighted by Crippen LogP contribution is -2.13. The normalized spacial score (nSPS) is 12.6. The van der Waals surface area contributed by atoms with E-state index in [-0.39, 0.29) is 12.6 Å². The average Bonchev–Trinajstić information content (AvgIpc) is 2.86. The maximum absolute atomic E-state index is 8.93. The zero-order valence-corrected chi connectivity index (χ0v) is 12.2. The van der Waals surface area contributed by atoms with Crippen molar-refractivity contribution >= 4 is 5.69 Å². The molecule has 1 heterocycles. The Kier molecular flexibility index (Phi) is 5.18. The predicted octanol–water partition coefficient (Wildman–Crippen LogP) is 3.07. The third-order valence-corrected chi connectivity index (χ3v) is 3.21. The van der Waals surface area contributed by atoms with Gasteiger partial charge in [-0.05, 0) is 17.9 Å². The Labute approximate surface area is 120 Å². The molecular weight excluding hydrogens is 250 g/mol. The van der Waals surface area contributed by atoms with Gasteiger partial charge in [0.05, 0.1) is 31.1 Å². The monoisotopic (exact) mass is 273 g/mol. The van der Waals surface area contributed by atoms with E-state index in [0.29, 0.717) is 12.5 Å². The quantitative estimate of drug-likeness (QED) is 0.815. The van der Waals surface area contributed by atoms with Crippen LogP contribution in [0.1, 0.15) is 31.9 Å². The van der Waals surface area contributed by atoms with E-state index in [1.807, 2.05) is 18.5 Å². The molecule has 0 aliphatic carbocycles. The standard InChI is InChI=1S/C16H23N3O/c1-13(2)10-16(14-6-4-3-5-7-14)18-15-11-17-19(12-15)8-9-20/h3-7,11-13,16,18,20H,8-10H2,1-2H3. The van der Waals surface area contributed by atoms with E-state index in [2.05, 4.69) is 48.5 Å². The van der Waals surface area contributed by atoms with Crippen LogP contribution in [0, 0.1) is 5.92 Å². The molecule has 4 nitrogen and oxygen atoms in total. The first-order valence-corrected chi connectivity index (χ1v) is 7.14. The summed E-state index contributed by atoms with van der Waals surface area (Å²) in [5, 5.41) is 16.7. The number of anilines is 1. The summed E-state index contributed by atoms with van der Waals surface area (Å²) < 4.78 is 1.75. The second-order valence-electron chi connectivity index (χ2n) is 5.45. The zero-order valence-electron chi connectivity index (χ0n) is 12.2. The summed E-state index contributed by atoms with van der Waals surface area (Å²) in [6.45, 7) is 5.09. The number of hydrogen-bond acceptors (Lipinski definition) is 3. The summed E-state index contributed by atoms with van der Waals surface area (Å²) in [6, 6.07) is 10.8. The highest BCUT2D eigenvalue weighted by atomic mass is 16.3. The molecule has 0 spiro atoms. The Bertz CT molecular complexity index is 507. The fourth-order valence-electron chi connectivity index (χ4n) is 2.30. The van der Waals surface area contributed by atoms with Crippen LogP contribution in [0.5, 0.6) is 0 Å². The van der Waals surface area contributed by atoms with E-state index in [1.54, 1.807) is 4.68 Å². The highest BCUT2D eigenvalue weighted by Gasteiger charge is 2.13. The maximum atomic E-state index is 8.93. The largest absolute Gasteiger partial charge is 0.394 e. The van der Waals surface area contributed by atoms with Crippen molar-refractivity contribution in [2.75, 3.05) is 11.9 Å². The minimum absolute atomic E-state index is 0.106. The lowest BCUT2D eigenvalue weighted by atomic mass is 9.97. The highest BCUT2D eigenvalue weighted by Crippen LogP contribution is 2.25. The molecule has 1 atom stereocenters. The first kappa shape index (κ1) is 14.6. The summed E-state index contributed by atoms with van der Waals surface area (Å²) in [7, 11) is 0. The fraction of sp³-hybridized carbons (Fsp3) is 0.438. The van der Waals surface area contributed by atoms with Crippen molar-refractivity contribution in [2.45, 2.75) is 32.9 Å². The molecule has 4 heteroatoms. The molecule has 20 heavy (non-hydrogen) atoms. The Hall–Kier alpha value is -1.81. The van der Waals surface area contributed by atoms with Gasteiger partial charge in [-0.3, -0.25) is 4.68 Å². The van der Waals surface area contributed by atoms with Crippen molar-refractivity contribution in [3.8, 4) is 0 Å². The van der Waals surface area contributed by atoms with E-state index in [1.165, 1.54) is 5.56 Å². The van der Waals surface area contributed by atoms with Crippen LogP contribution in [-0.2, 0) is 6.54 Å². The Morgan fingerprint density at radius 2 is 2.00 bits per heavy atom. The van der Waals surface area contributed by atoms with Gasteiger partial charge in [0, 0.05) is 6.20 Å². The Balaban J connectivity index is 2.10. The number of aromatic nitrogens is 2. The molecule has 0 aliphatic heterocycles. The van der Waals surface area contributed by atoms with Gasteiger partial charge >= 0.3 is 0 Å². The molecular formula is C16H23N3O. The van der Waals surface area contributed by atoms with Crippen molar-refractivity contribution in [1.29, 1.82) is 0 Å². The molecule has 2 N–H and O–H groups in total. The third-order valence-electron chi connectivity index (χ3n) is 3.21. The number of nitrogens with zero attached hydrogens (tertiary/aromatic N) is 2. The van der Waals surface area contributed by atoms with Gasteiger partial charge in [-0.15, -0.1) is 0 Å². The molecule has 1 aromatic heterocycles. The first-order chi connectivity index (χ1) is 9.69. The average molecular weight is 273 g/mol. The van der Waals surface area contributed by atoms with Crippen molar-refractivity contribution in [3.05, 3.63) is 48.3 Å². The maximum Gasteiger partial charge on any atom is 0.0731 e. The number of benzene rings is 1. The molecule has 0 saturated carbocycles. The lowest BCUT2D eigenvalue weighted by molar-refractivity contribution is 0.269. The number of aliphatic hydroxyl groups is 1. The molecule has 0 bridgehead atoms. The lowest BCUT2D eigenvalue weighted by Gasteiger charge is -2.21. The minimum Gasteiger partial charge on any atom is -0.394 e. The van der Waals surface area contributed by atoms with Gasteiger partial charge in [0.25, 0.3) is 0 Å². The zero-order chi connectivity index (χ0) is 14.4. The van der Waals surface area contributed by atoms with E-state index < -0.39 is 0 Å². The topological polar surface area (TPSA) is 50.1 Å². The van der Waals surface area contributed by atoms with Crippen LogP contribution in [0.4, 0.5) is 5.69 Å². The number of aliphatic hydroxyl groups excluding tert-OH is 1. The molecule has 0 amide bonds. The van der Waals surface area contributed by atoms with E-state index in [4.69, 9.17) is 5.11 Å². The van der Waals surface area contributed by atoms with Crippen molar-refractivity contribution in [1.82, 2.24) is 9.78 Å². The van der Waals surface area contributed by atoms with Crippen LogP contribution in [0.2, 0.25) is 0 Å². The SMILES string of the molecule is CC(C)CC(Nc1cnn(CCO)c1)c1ccccc1. The summed E-state index contributed by atoms with van der Waals surface area (Å²) >= 11 is 0. The molecule has 0 aliphatic rings. The summed E-state index contributed by atoms with van der Waals surface area (Å²) in [6.07, 6.45) is 4.81. The van der Waals surface area contributed by atoms with E-state index in [0.717, 1.165) is 12.1 Å². The van der Waals surface area contributed by atoms with E-state index >= 15 is 0 Å². The smallest absolute Gasteiger partial charge is 0.0731 e. The van der Waals surface area contributed by atoms with Crippen LogP contribution < -0.4 is 5.32 Å². The highest BCUT2D eigenvalue weighted by molar-refractivity contribution is 5.41. The predicted molar refractivity (Wildman–Crippen MR) is 81.6 cm³/mol. The first-order valence-electron chi connectivity index (χ1n) is 7.14. The fourth-order valence-corrected chi connectivity index (χ4v) is 2.30. The van der Waals surface area contributed by atoms with Crippen molar-refractivity contribution < 1.29 is 5.11 Å². The molecule has 0 fully saturated rings. The van der Waals surface area contributed by atoms with Gasteiger partial charge in [-0.1, -0.05) is 44.2 Å². The molecule has 2 aromatic rings. The molecule has 0 saturated heterocycles. The number of rotatable bonds is 7. The second-order valence-corrected chi connectivity index (χ2v) is 5.45. The van der Waals surface area contributed by atoms with Gasteiger partial charge < -0.3 is 10.4 Å². The summed E-state index contributed by atoms with van der Waals surface area (Å²) in [5.41, 5.74) is 2.28. The molecule has 108 valence electrons. The van der Waals surface area contributed by atoms with Crippen LogP contribution >= 0.6 is 0 Å². The van der Waals surface area contributed by atoms with Gasteiger partial charge in [0.1, 0.15) is 0 Å². The summed E-state index contributed by atoms with van der Waals surface area (Å²) in [4.78, 5) is 0. The van der Waals surface area contributed by atoms with Crippen molar-refractivity contribution in [3.63, 3.8) is 0 Å². The van der Waals surface area contributed by atoms with Crippen molar-refractivity contribution in [2.24, 2.45) is 5.92 Å². The van der Waals surface area contributed by atoms with Gasteiger partial charge in [0.15, 0.2) is 0 Å². The third kappa shape index (κ3) is 4.10. The van der Waals surface area contributed by atoms with Gasteiger partial charge in [-0.2, -0.15) is 5.10 Å². The molecule has 2 rings (SSSR count). The van der Waals surface area contributed by atoms with Gasteiger partial charge in [0.2, 0.25) is 0 Å². The van der Waals surface area contributed by atoms with Gasteiger partial charge in [-0.25, -0.2) is 0 Å². The van der Waals surface area contributed by atoms with Crippen LogP contribution in [-0.4, -0.2) is 21.5 Å². The molecule has 1 unspecified atom stereocenters. The second kappa shape index (κ2) is 7.10. The van der Waals surface area contributed by atoms with Crippen LogP contribution in [0.3, 0.4) is 0 Å². The molecule has 1 aromatic carbocycles. The van der Waals surface area contributed by atoms with E-state index in [9.17, 15) is 0 Å².